The normalized spacial score (nSPS) is 21.7. The van der Waals surface area contributed by atoms with E-state index in [1.807, 2.05) is 33.3 Å². The molecule has 1 aliphatic carbocycles. The predicted octanol–water partition coefficient (Wildman–Crippen LogP) is 2.78. The Morgan fingerprint density at radius 2 is 1.97 bits per heavy atom. The molecule has 0 spiro atoms. The van der Waals surface area contributed by atoms with E-state index in [0.29, 0.717) is 36.6 Å². The number of likely N-dealkylation sites (tertiary alicyclic amines) is 1. The lowest BCUT2D eigenvalue weighted by Gasteiger charge is -2.43. The van der Waals surface area contributed by atoms with E-state index in [-0.39, 0.29) is 23.3 Å². The van der Waals surface area contributed by atoms with Gasteiger partial charge in [0.25, 0.3) is 11.5 Å². The summed E-state index contributed by atoms with van der Waals surface area (Å²) in [6.07, 6.45) is 10.7. The van der Waals surface area contributed by atoms with Crippen LogP contribution in [0.25, 0.3) is 11.4 Å². The molecule has 2 aliphatic heterocycles. The Kier molecular flexibility index (Phi) is 4.52. The average Bonchev–Trinajstić information content (AvgIpc) is 3.24. The van der Waals surface area contributed by atoms with Crippen LogP contribution in [-0.2, 0) is 26.4 Å². The Morgan fingerprint density at radius 3 is 2.81 bits per heavy atom. The number of fused-ring (bicyclic) bond motifs is 5. The van der Waals surface area contributed by atoms with E-state index in [4.69, 9.17) is 0 Å². The van der Waals surface area contributed by atoms with Crippen molar-refractivity contribution in [2.45, 2.75) is 44.6 Å². The number of nitrogens with zero attached hydrogens (tertiary/aromatic N) is 5. The molecule has 7 heteroatoms. The Bertz CT molecular complexity index is 1270. The van der Waals surface area contributed by atoms with Crippen LogP contribution in [0.1, 0.15) is 52.5 Å². The fourth-order valence-corrected chi connectivity index (χ4v) is 5.79. The highest BCUT2D eigenvalue weighted by Gasteiger charge is 2.37. The van der Waals surface area contributed by atoms with Crippen LogP contribution in [0.4, 0.5) is 0 Å². The minimum atomic E-state index is 0.0187. The molecule has 7 nitrogen and oxygen atoms in total. The van der Waals surface area contributed by atoms with Gasteiger partial charge in [-0.1, -0.05) is 0 Å². The van der Waals surface area contributed by atoms with E-state index in [9.17, 15) is 9.59 Å². The summed E-state index contributed by atoms with van der Waals surface area (Å²) in [6, 6.07) is 6.01. The van der Waals surface area contributed by atoms with Crippen molar-refractivity contribution in [3.8, 4) is 11.4 Å². The summed E-state index contributed by atoms with van der Waals surface area (Å²) in [6.45, 7) is 1.98. The van der Waals surface area contributed by atoms with Crippen molar-refractivity contribution in [3.63, 3.8) is 0 Å². The van der Waals surface area contributed by atoms with Crippen LogP contribution in [0.15, 0.2) is 41.6 Å². The van der Waals surface area contributed by atoms with Crippen molar-refractivity contribution in [2.24, 2.45) is 13.0 Å². The van der Waals surface area contributed by atoms with E-state index < -0.39 is 0 Å². The van der Waals surface area contributed by atoms with Gasteiger partial charge in [-0.3, -0.25) is 14.6 Å². The zero-order valence-corrected chi connectivity index (χ0v) is 18.3. The molecule has 0 unspecified atom stereocenters. The fourth-order valence-electron chi connectivity index (χ4n) is 5.79. The predicted molar refractivity (Wildman–Crippen MR) is 121 cm³/mol. The Morgan fingerprint density at radius 1 is 1.09 bits per heavy atom. The van der Waals surface area contributed by atoms with Gasteiger partial charge in [-0.05, 0) is 61.8 Å². The van der Waals surface area contributed by atoms with Crippen LogP contribution < -0.4 is 5.56 Å². The summed E-state index contributed by atoms with van der Waals surface area (Å²) in [5.74, 6) is 1.23. The first-order chi connectivity index (χ1) is 15.6. The van der Waals surface area contributed by atoms with E-state index in [1.54, 1.807) is 12.4 Å². The van der Waals surface area contributed by atoms with Gasteiger partial charge in [-0.2, -0.15) is 0 Å². The highest BCUT2D eigenvalue weighted by Crippen LogP contribution is 2.36. The van der Waals surface area contributed by atoms with Gasteiger partial charge in [0.1, 0.15) is 5.82 Å². The summed E-state index contributed by atoms with van der Waals surface area (Å²) < 4.78 is 3.80. The minimum absolute atomic E-state index is 0.0187. The third kappa shape index (κ3) is 3.10. The number of carbonyl (C=O) groups excluding carboxylic acids is 1. The molecule has 32 heavy (non-hydrogen) atoms. The maximum atomic E-state index is 13.3. The van der Waals surface area contributed by atoms with E-state index in [2.05, 4.69) is 22.1 Å². The van der Waals surface area contributed by atoms with Crippen molar-refractivity contribution in [1.29, 1.82) is 0 Å². The zero-order valence-electron chi connectivity index (χ0n) is 18.3. The average molecular weight is 430 g/mol. The number of carbonyl (C=O) groups is 1. The second-order valence-electron chi connectivity index (χ2n) is 9.50. The monoisotopic (exact) mass is 429 g/mol. The van der Waals surface area contributed by atoms with Crippen LogP contribution in [0, 0.1) is 5.92 Å². The number of piperidine rings is 1. The molecule has 6 rings (SSSR count). The summed E-state index contributed by atoms with van der Waals surface area (Å²) in [5, 5.41) is 0. The van der Waals surface area contributed by atoms with Gasteiger partial charge in [0.15, 0.2) is 0 Å². The Labute approximate surface area is 186 Å². The van der Waals surface area contributed by atoms with Crippen molar-refractivity contribution >= 4 is 5.91 Å². The fraction of sp³-hybridized carbons (Fsp3) is 0.440. The van der Waals surface area contributed by atoms with Crippen LogP contribution >= 0.6 is 0 Å². The van der Waals surface area contributed by atoms with Gasteiger partial charge in [-0.15, -0.1) is 0 Å². The van der Waals surface area contributed by atoms with Crippen molar-refractivity contribution < 1.29 is 4.79 Å². The van der Waals surface area contributed by atoms with Crippen LogP contribution in [-0.4, -0.2) is 43.0 Å². The largest absolute Gasteiger partial charge is 0.338 e. The zero-order chi connectivity index (χ0) is 21.8. The molecule has 164 valence electrons. The lowest BCUT2D eigenvalue weighted by Crippen LogP contribution is -2.49. The molecule has 1 amide bonds. The number of aryl methyl sites for hydroxylation is 3. The second kappa shape index (κ2) is 7.43. The topological polar surface area (TPSA) is 73.0 Å². The third-order valence-electron chi connectivity index (χ3n) is 7.37. The maximum Gasteiger partial charge on any atom is 0.261 e. The number of hydrogen-bond acceptors (Lipinski definition) is 4. The van der Waals surface area contributed by atoms with E-state index in [0.717, 1.165) is 30.7 Å². The lowest BCUT2D eigenvalue weighted by atomic mass is 9.82. The summed E-state index contributed by atoms with van der Waals surface area (Å²) in [4.78, 5) is 37.6. The lowest BCUT2D eigenvalue weighted by molar-refractivity contribution is 0.0594. The molecule has 5 heterocycles. The van der Waals surface area contributed by atoms with Crippen molar-refractivity contribution in [3.05, 3.63) is 69.7 Å². The molecule has 0 N–H and O–H groups in total. The molecular weight excluding hydrogens is 402 g/mol. The smallest absolute Gasteiger partial charge is 0.261 e. The van der Waals surface area contributed by atoms with Gasteiger partial charge < -0.3 is 14.0 Å². The number of amides is 1. The second-order valence-corrected chi connectivity index (χ2v) is 9.50. The summed E-state index contributed by atoms with van der Waals surface area (Å²) in [5.41, 5.74) is 4.77. The molecule has 2 atom stereocenters. The highest BCUT2D eigenvalue weighted by molar-refractivity contribution is 5.94. The Balaban J connectivity index is 1.29. The minimum Gasteiger partial charge on any atom is -0.338 e. The first-order valence-corrected chi connectivity index (χ1v) is 11.6. The Hall–Kier alpha value is -3.22. The summed E-state index contributed by atoms with van der Waals surface area (Å²) >= 11 is 0. The molecule has 3 aromatic heterocycles. The van der Waals surface area contributed by atoms with Crippen molar-refractivity contribution in [1.82, 2.24) is 24.0 Å². The summed E-state index contributed by atoms with van der Waals surface area (Å²) in [7, 11) is 1.90. The van der Waals surface area contributed by atoms with Crippen LogP contribution in [0.3, 0.4) is 0 Å². The van der Waals surface area contributed by atoms with Crippen LogP contribution in [0.2, 0.25) is 0 Å². The quantitative estimate of drug-likeness (QED) is 0.628. The third-order valence-corrected chi connectivity index (χ3v) is 7.37. The van der Waals surface area contributed by atoms with E-state index in [1.165, 1.54) is 18.4 Å². The standard InChI is InChI=1S/C25H27N5O2/c1-28-9-8-26-23(28)20-6-7-22-19-10-16(14-30(22)25(20)32)13-29(15-19)24(31)18-11-17-4-2-3-5-21(17)27-12-18/h6-9,11-12,16,19H,2-5,10,13-15H2,1H3/t16-,19+/m0/s1. The number of aromatic nitrogens is 4. The van der Waals surface area contributed by atoms with Crippen LogP contribution in [0.5, 0.6) is 0 Å². The van der Waals surface area contributed by atoms with Gasteiger partial charge >= 0.3 is 0 Å². The van der Waals surface area contributed by atoms with Gasteiger partial charge in [-0.25, -0.2) is 4.98 Å². The molecule has 0 radical (unpaired) electrons. The molecule has 1 fully saturated rings. The van der Waals surface area contributed by atoms with Gasteiger partial charge in [0.2, 0.25) is 0 Å². The SMILES string of the molecule is Cn1ccnc1-c1ccc2n(c1=O)C[C@H]1C[C@@H]2CN(C(=O)c2cnc3c(c2)CCCC3)C1. The van der Waals surface area contributed by atoms with E-state index >= 15 is 0 Å². The molecule has 3 aliphatic rings. The number of hydrogen-bond donors (Lipinski definition) is 0. The molecule has 1 saturated heterocycles. The number of imidazole rings is 1. The molecule has 2 bridgehead atoms. The molecule has 0 aromatic carbocycles. The molecular formula is C25H27N5O2. The van der Waals surface area contributed by atoms with Gasteiger partial charge in [0, 0.05) is 62.6 Å². The molecule has 0 saturated carbocycles. The van der Waals surface area contributed by atoms with Gasteiger partial charge in [0.05, 0.1) is 11.1 Å². The highest BCUT2D eigenvalue weighted by atomic mass is 16.2. The maximum absolute atomic E-state index is 13.3. The number of pyridine rings is 2. The molecule has 3 aromatic rings. The first kappa shape index (κ1) is 19.5. The van der Waals surface area contributed by atoms with Crippen molar-refractivity contribution in [2.75, 3.05) is 13.1 Å². The first-order valence-electron chi connectivity index (χ1n) is 11.6. The number of rotatable bonds is 2.